The third kappa shape index (κ3) is 2.55. The Labute approximate surface area is 99.0 Å². The van der Waals surface area contributed by atoms with Crippen molar-refractivity contribution in [2.24, 2.45) is 0 Å². The van der Waals surface area contributed by atoms with Gasteiger partial charge in [-0.05, 0) is 30.2 Å². The molecule has 2 aromatic rings. The summed E-state index contributed by atoms with van der Waals surface area (Å²) < 4.78 is 10.3. The molecule has 0 saturated carbocycles. The van der Waals surface area contributed by atoms with Crippen LogP contribution in [0.4, 0.5) is 0 Å². The van der Waals surface area contributed by atoms with Crippen molar-refractivity contribution >= 4 is 11.6 Å². The minimum Gasteiger partial charge on any atom is -0.494 e. The van der Waals surface area contributed by atoms with Crippen molar-refractivity contribution in [2.75, 3.05) is 6.61 Å². The van der Waals surface area contributed by atoms with Gasteiger partial charge in [-0.1, -0.05) is 24.2 Å². The predicted molar refractivity (Wildman–Crippen MR) is 62.7 cm³/mol. The number of nitrogens with zero attached hydrogens (tertiary/aromatic N) is 1. The normalized spacial score (nSPS) is 10.4. The maximum Gasteiger partial charge on any atom is 0.226 e. The predicted octanol–water partition coefficient (Wildman–Crippen LogP) is 3.78. The van der Waals surface area contributed by atoms with E-state index in [1.165, 1.54) is 0 Å². The molecule has 0 N–H and O–H groups in total. The molecule has 16 heavy (non-hydrogen) atoms. The first kappa shape index (κ1) is 11.0. The summed E-state index contributed by atoms with van der Waals surface area (Å²) in [6.07, 6.45) is 0.986. The first-order valence-corrected chi connectivity index (χ1v) is 5.53. The van der Waals surface area contributed by atoms with Gasteiger partial charge < -0.3 is 9.26 Å². The molecule has 0 aliphatic heterocycles. The first-order valence-electron chi connectivity index (χ1n) is 5.15. The zero-order chi connectivity index (χ0) is 11.4. The molecule has 2 rings (SSSR count). The Morgan fingerprint density at radius 3 is 2.94 bits per heavy atom. The molecule has 0 spiro atoms. The summed E-state index contributed by atoms with van der Waals surface area (Å²) in [7, 11) is 0. The molecule has 0 atom stereocenters. The first-order chi connectivity index (χ1) is 7.79. The van der Waals surface area contributed by atoms with Crippen LogP contribution in [0.3, 0.4) is 0 Å². The van der Waals surface area contributed by atoms with Gasteiger partial charge in [0.05, 0.1) is 6.61 Å². The van der Waals surface area contributed by atoms with E-state index in [-0.39, 0.29) is 5.22 Å². The number of hydrogen-bond acceptors (Lipinski definition) is 3. The van der Waals surface area contributed by atoms with Gasteiger partial charge in [0.1, 0.15) is 11.4 Å². The van der Waals surface area contributed by atoms with Gasteiger partial charge in [0.25, 0.3) is 0 Å². The van der Waals surface area contributed by atoms with Crippen molar-refractivity contribution in [1.29, 1.82) is 0 Å². The summed E-state index contributed by atoms with van der Waals surface area (Å²) in [4.78, 5) is 0. The lowest BCUT2D eigenvalue weighted by Crippen LogP contribution is -1.94. The summed E-state index contributed by atoms with van der Waals surface area (Å²) >= 11 is 5.67. The average molecular weight is 238 g/mol. The van der Waals surface area contributed by atoms with Crippen LogP contribution < -0.4 is 4.74 Å². The second-order valence-electron chi connectivity index (χ2n) is 3.39. The minimum absolute atomic E-state index is 0.287. The molecule has 0 bridgehead atoms. The van der Waals surface area contributed by atoms with Crippen LogP contribution in [0.1, 0.15) is 13.3 Å². The fourth-order valence-electron chi connectivity index (χ4n) is 1.35. The molecule has 0 unspecified atom stereocenters. The van der Waals surface area contributed by atoms with E-state index < -0.39 is 0 Å². The van der Waals surface area contributed by atoms with Crippen LogP contribution in [0.2, 0.25) is 5.22 Å². The Morgan fingerprint density at radius 2 is 2.25 bits per heavy atom. The smallest absolute Gasteiger partial charge is 0.226 e. The highest BCUT2D eigenvalue weighted by molar-refractivity contribution is 6.29. The van der Waals surface area contributed by atoms with Gasteiger partial charge in [0.2, 0.25) is 5.22 Å². The van der Waals surface area contributed by atoms with E-state index in [2.05, 4.69) is 12.1 Å². The summed E-state index contributed by atoms with van der Waals surface area (Å²) in [5.74, 6) is 0.832. The largest absolute Gasteiger partial charge is 0.494 e. The number of rotatable bonds is 4. The molecule has 4 heteroatoms. The lowest BCUT2D eigenvalue weighted by molar-refractivity contribution is 0.317. The molecule has 1 heterocycles. The Hall–Kier alpha value is -1.48. The minimum atomic E-state index is 0.287. The molecule has 0 aliphatic rings. The third-order valence-electron chi connectivity index (χ3n) is 2.08. The summed E-state index contributed by atoms with van der Waals surface area (Å²) in [5.41, 5.74) is 1.65. The second kappa shape index (κ2) is 5.03. The average Bonchev–Trinajstić information content (AvgIpc) is 2.74. The highest BCUT2D eigenvalue weighted by Gasteiger charge is 2.05. The van der Waals surface area contributed by atoms with Gasteiger partial charge in [0, 0.05) is 11.6 Å². The summed E-state index contributed by atoms with van der Waals surface area (Å²) in [6, 6.07) is 9.38. The fraction of sp³-hybridized carbons (Fsp3) is 0.250. The van der Waals surface area contributed by atoms with Crippen LogP contribution in [0, 0.1) is 0 Å². The van der Waals surface area contributed by atoms with Crippen LogP contribution in [0.15, 0.2) is 34.9 Å². The molecule has 1 aromatic carbocycles. The van der Waals surface area contributed by atoms with Crippen molar-refractivity contribution < 1.29 is 9.26 Å². The summed E-state index contributed by atoms with van der Waals surface area (Å²) in [5, 5.41) is 4.13. The van der Waals surface area contributed by atoms with Crippen molar-refractivity contribution in [3.05, 3.63) is 35.6 Å². The molecule has 1 aromatic heterocycles. The van der Waals surface area contributed by atoms with E-state index in [0.29, 0.717) is 12.3 Å². The Bertz CT molecular complexity index is 468. The molecule has 0 aliphatic carbocycles. The molecule has 0 fully saturated rings. The standard InChI is InChI=1S/C12H12ClNO2/c1-2-6-15-10-5-3-4-9(7-10)11-8-12(13)16-14-11/h3-5,7-8H,2,6H2,1H3. The maximum atomic E-state index is 5.67. The van der Waals surface area contributed by atoms with Crippen LogP contribution in [0.25, 0.3) is 11.3 Å². The van der Waals surface area contributed by atoms with E-state index in [4.69, 9.17) is 20.9 Å². The molecule has 84 valence electrons. The number of halogens is 1. The van der Waals surface area contributed by atoms with Gasteiger partial charge in [-0.25, -0.2) is 0 Å². The van der Waals surface area contributed by atoms with E-state index in [1.54, 1.807) is 6.07 Å². The highest BCUT2D eigenvalue weighted by Crippen LogP contribution is 2.25. The summed E-state index contributed by atoms with van der Waals surface area (Å²) in [6.45, 7) is 2.78. The second-order valence-corrected chi connectivity index (χ2v) is 3.77. The molecule has 3 nitrogen and oxygen atoms in total. The zero-order valence-corrected chi connectivity index (χ0v) is 9.70. The lowest BCUT2D eigenvalue weighted by Gasteiger charge is -2.04. The molecule has 0 amide bonds. The van der Waals surface area contributed by atoms with Crippen molar-refractivity contribution in [2.45, 2.75) is 13.3 Å². The maximum absolute atomic E-state index is 5.67. The van der Waals surface area contributed by atoms with Crippen molar-refractivity contribution in [1.82, 2.24) is 5.16 Å². The van der Waals surface area contributed by atoms with Crippen LogP contribution in [-0.4, -0.2) is 11.8 Å². The van der Waals surface area contributed by atoms with Gasteiger partial charge in [-0.15, -0.1) is 0 Å². The monoisotopic (exact) mass is 237 g/mol. The van der Waals surface area contributed by atoms with Gasteiger partial charge in [0.15, 0.2) is 0 Å². The SMILES string of the molecule is CCCOc1cccc(-c2cc(Cl)on2)c1. The topological polar surface area (TPSA) is 35.3 Å². The lowest BCUT2D eigenvalue weighted by atomic mass is 10.1. The Morgan fingerprint density at radius 1 is 1.38 bits per heavy atom. The van der Waals surface area contributed by atoms with Gasteiger partial charge in [-0.2, -0.15) is 0 Å². The Balaban J connectivity index is 2.22. The number of ether oxygens (including phenoxy) is 1. The number of benzene rings is 1. The Kier molecular flexibility index (Phi) is 3.47. The third-order valence-corrected chi connectivity index (χ3v) is 2.26. The number of hydrogen-bond donors (Lipinski definition) is 0. The van der Waals surface area contributed by atoms with Crippen LogP contribution in [-0.2, 0) is 0 Å². The molecular formula is C12H12ClNO2. The van der Waals surface area contributed by atoms with Crippen LogP contribution in [0.5, 0.6) is 5.75 Å². The van der Waals surface area contributed by atoms with E-state index >= 15 is 0 Å². The highest BCUT2D eigenvalue weighted by atomic mass is 35.5. The molecule has 0 saturated heterocycles. The quantitative estimate of drug-likeness (QED) is 0.812. The fourth-order valence-corrected chi connectivity index (χ4v) is 1.49. The van der Waals surface area contributed by atoms with Crippen molar-refractivity contribution in [3.8, 4) is 17.0 Å². The van der Waals surface area contributed by atoms with Gasteiger partial charge in [-0.3, -0.25) is 0 Å². The number of aromatic nitrogens is 1. The van der Waals surface area contributed by atoms with Crippen LogP contribution >= 0.6 is 11.6 Å². The molecular weight excluding hydrogens is 226 g/mol. The van der Waals surface area contributed by atoms with Crippen molar-refractivity contribution in [3.63, 3.8) is 0 Å². The molecule has 0 radical (unpaired) electrons. The van der Waals surface area contributed by atoms with E-state index in [0.717, 1.165) is 17.7 Å². The van der Waals surface area contributed by atoms with Gasteiger partial charge >= 0.3 is 0 Å². The van der Waals surface area contributed by atoms with E-state index in [9.17, 15) is 0 Å². The zero-order valence-electron chi connectivity index (χ0n) is 8.94. The van der Waals surface area contributed by atoms with E-state index in [1.807, 2.05) is 24.3 Å².